The zero-order chi connectivity index (χ0) is 15.5. The summed E-state index contributed by atoms with van der Waals surface area (Å²) in [6.45, 7) is 0.0470. The van der Waals surface area contributed by atoms with Crippen LogP contribution in [0.4, 0.5) is 4.39 Å². The molecule has 0 aliphatic heterocycles. The van der Waals surface area contributed by atoms with Gasteiger partial charge in [-0.3, -0.25) is 0 Å². The van der Waals surface area contributed by atoms with Gasteiger partial charge in [0, 0.05) is 18.3 Å². The van der Waals surface area contributed by atoms with Gasteiger partial charge in [0.05, 0.1) is 9.90 Å². The van der Waals surface area contributed by atoms with Crippen LogP contribution in [0.15, 0.2) is 34.5 Å². The molecule has 2 N–H and O–H groups in total. The third-order valence-electron chi connectivity index (χ3n) is 2.51. The molecule has 0 spiro atoms. The first-order chi connectivity index (χ1) is 9.88. The average molecular weight is 330 g/mol. The van der Waals surface area contributed by atoms with Crippen LogP contribution in [0.5, 0.6) is 0 Å². The monoisotopic (exact) mass is 330 g/mol. The summed E-state index contributed by atoms with van der Waals surface area (Å²) in [6.07, 6.45) is 0.256. The Kier molecular flexibility index (Phi) is 4.66. The highest BCUT2D eigenvalue weighted by molar-refractivity contribution is 7.89. The molecule has 0 aliphatic carbocycles. The van der Waals surface area contributed by atoms with Crippen molar-refractivity contribution in [3.05, 3.63) is 46.2 Å². The van der Waals surface area contributed by atoms with Crippen molar-refractivity contribution in [3.63, 3.8) is 0 Å². The Labute approximate surface area is 124 Å². The van der Waals surface area contributed by atoms with Crippen molar-refractivity contribution in [1.82, 2.24) is 9.71 Å². The number of halogens is 1. The average Bonchev–Trinajstić information content (AvgIpc) is 2.87. The Morgan fingerprint density at radius 2 is 2.19 bits per heavy atom. The zero-order valence-corrected chi connectivity index (χ0v) is 12.2. The van der Waals surface area contributed by atoms with Crippen LogP contribution in [0.1, 0.15) is 15.5 Å². The topological polar surface area (TPSA) is 96.4 Å². The maximum absolute atomic E-state index is 13.0. The molecule has 0 radical (unpaired) electrons. The molecule has 0 fully saturated rings. The molecule has 2 rings (SSSR count). The van der Waals surface area contributed by atoms with Crippen LogP contribution in [-0.2, 0) is 16.4 Å². The van der Waals surface area contributed by atoms with Gasteiger partial charge in [-0.1, -0.05) is 6.07 Å². The van der Waals surface area contributed by atoms with Gasteiger partial charge in [-0.25, -0.2) is 27.3 Å². The van der Waals surface area contributed by atoms with Crippen molar-refractivity contribution in [2.24, 2.45) is 0 Å². The van der Waals surface area contributed by atoms with Gasteiger partial charge in [0.1, 0.15) is 5.82 Å². The molecule has 21 heavy (non-hydrogen) atoms. The molecule has 0 saturated heterocycles. The largest absolute Gasteiger partial charge is 0.476 e. The number of sulfonamides is 1. The first-order valence-electron chi connectivity index (χ1n) is 5.81. The molecule has 0 saturated carbocycles. The van der Waals surface area contributed by atoms with Gasteiger partial charge in [-0.05, 0) is 18.2 Å². The number of nitrogens with one attached hydrogen (secondary N) is 1. The number of rotatable bonds is 6. The second-order valence-electron chi connectivity index (χ2n) is 4.04. The second-order valence-corrected chi connectivity index (χ2v) is 6.75. The van der Waals surface area contributed by atoms with Crippen molar-refractivity contribution in [3.8, 4) is 0 Å². The number of aromatic carboxylic acids is 1. The van der Waals surface area contributed by atoms with Crippen LogP contribution in [0.25, 0.3) is 0 Å². The van der Waals surface area contributed by atoms with Gasteiger partial charge in [0.25, 0.3) is 0 Å². The highest BCUT2D eigenvalue weighted by Gasteiger charge is 2.15. The van der Waals surface area contributed by atoms with Crippen LogP contribution in [0.3, 0.4) is 0 Å². The van der Waals surface area contributed by atoms with E-state index in [0.717, 1.165) is 23.5 Å². The van der Waals surface area contributed by atoms with Crippen LogP contribution >= 0.6 is 11.3 Å². The lowest BCUT2D eigenvalue weighted by Crippen LogP contribution is -2.26. The van der Waals surface area contributed by atoms with Crippen molar-refractivity contribution in [2.45, 2.75) is 11.3 Å². The Morgan fingerprint density at radius 3 is 2.81 bits per heavy atom. The predicted octanol–water partition coefficient (Wildman–Crippen LogP) is 1.50. The number of carboxylic acids is 1. The van der Waals surface area contributed by atoms with Gasteiger partial charge in [0.15, 0.2) is 5.69 Å². The van der Waals surface area contributed by atoms with Crippen LogP contribution in [0.2, 0.25) is 0 Å². The second kappa shape index (κ2) is 6.29. The van der Waals surface area contributed by atoms with Gasteiger partial charge in [-0.2, -0.15) is 0 Å². The lowest BCUT2D eigenvalue weighted by molar-refractivity contribution is 0.0691. The summed E-state index contributed by atoms with van der Waals surface area (Å²) in [6, 6.07) is 4.68. The van der Waals surface area contributed by atoms with Crippen LogP contribution in [-0.4, -0.2) is 31.0 Å². The van der Waals surface area contributed by atoms with E-state index in [2.05, 4.69) is 9.71 Å². The number of aromatic nitrogens is 1. The number of hydrogen-bond donors (Lipinski definition) is 2. The minimum Gasteiger partial charge on any atom is -0.476 e. The van der Waals surface area contributed by atoms with Crippen LogP contribution in [0, 0.1) is 5.82 Å². The van der Waals surface area contributed by atoms with Crippen molar-refractivity contribution >= 4 is 27.3 Å². The molecule has 2 aromatic rings. The summed E-state index contributed by atoms with van der Waals surface area (Å²) in [5.74, 6) is -1.76. The Bertz CT molecular complexity index is 758. The maximum Gasteiger partial charge on any atom is 0.355 e. The van der Waals surface area contributed by atoms with Crippen molar-refractivity contribution in [2.75, 3.05) is 6.54 Å². The minimum atomic E-state index is -3.79. The fraction of sp³-hybridized carbons (Fsp3) is 0.167. The van der Waals surface area contributed by atoms with Gasteiger partial charge in [-0.15, -0.1) is 11.3 Å². The molecule has 0 aliphatic rings. The van der Waals surface area contributed by atoms with Gasteiger partial charge in [0.2, 0.25) is 10.0 Å². The quantitative estimate of drug-likeness (QED) is 0.837. The molecule has 0 unspecified atom stereocenters. The normalized spacial score (nSPS) is 11.5. The number of benzene rings is 1. The standard InChI is InChI=1S/C12H11FN2O4S2/c13-8-2-1-3-9(6-8)21(18,19)14-5-4-11-15-10(7-20-11)12(16)17/h1-3,6-7,14H,4-5H2,(H,16,17). The predicted molar refractivity (Wildman–Crippen MR) is 74.4 cm³/mol. The van der Waals surface area contributed by atoms with E-state index in [1.54, 1.807) is 0 Å². The van der Waals surface area contributed by atoms with Crippen LogP contribution < -0.4 is 4.72 Å². The highest BCUT2D eigenvalue weighted by atomic mass is 32.2. The Morgan fingerprint density at radius 1 is 1.43 bits per heavy atom. The summed E-state index contributed by atoms with van der Waals surface area (Å²) >= 11 is 1.14. The summed E-state index contributed by atoms with van der Waals surface area (Å²) in [5, 5.41) is 10.6. The molecule has 0 amide bonds. The van der Waals surface area contributed by atoms with E-state index >= 15 is 0 Å². The smallest absolute Gasteiger partial charge is 0.355 e. The zero-order valence-electron chi connectivity index (χ0n) is 10.6. The summed E-state index contributed by atoms with van der Waals surface area (Å²) in [7, 11) is -3.79. The maximum atomic E-state index is 13.0. The van der Waals surface area contributed by atoms with Gasteiger partial charge >= 0.3 is 5.97 Å². The van der Waals surface area contributed by atoms with E-state index in [1.807, 2.05) is 0 Å². The fourth-order valence-electron chi connectivity index (χ4n) is 1.53. The first kappa shape index (κ1) is 15.5. The fourth-order valence-corrected chi connectivity index (χ4v) is 3.37. The molecule has 0 atom stereocenters. The number of hydrogen-bond acceptors (Lipinski definition) is 5. The number of nitrogens with zero attached hydrogens (tertiary/aromatic N) is 1. The lowest BCUT2D eigenvalue weighted by atomic mass is 10.4. The SMILES string of the molecule is O=C(O)c1csc(CCNS(=O)(=O)c2cccc(F)c2)n1. The lowest BCUT2D eigenvalue weighted by Gasteiger charge is -2.05. The van der Waals surface area contributed by atoms with E-state index < -0.39 is 21.8 Å². The third kappa shape index (κ3) is 4.06. The number of carboxylic acid groups (broad SMARTS) is 1. The number of carbonyl (C=O) groups is 1. The molecular formula is C12H11FN2O4S2. The van der Waals surface area contributed by atoms with Crippen molar-refractivity contribution < 1.29 is 22.7 Å². The molecule has 1 aromatic heterocycles. The van der Waals surface area contributed by atoms with E-state index in [4.69, 9.17) is 5.11 Å². The molecule has 0 bridgehead atoms. The van der Waals surface area contributed by atoms with Gasteiger partial charge < -0.3 is 5.11 Å². The molecule has 112 valence electrons. The summed E-state index contributed by atoms with van der Waals surface area (Å²) < 4.78 is 39.1. The molecule has 9 heteroatoms. The molecule has 6 nitrogen and oxygen atoms in total. The third-order valence-corrected chi connectivity index (χ3v) is 4.88. The summed E-state index contributed by atoms with van der Waals surface area (Å²) in [5.41, 5.74) is -0.0667. The van der Waals surface area contributed by atoms with Crippen molar-refractivity contribution in [1.29, 1.82) is 0 Å². The molecule has 1 heterocycles. The van der Waals surface area contributed by atoms with E-state index in [9.17, 15) is 17.6 Å². The van der Waals surface area contributed by atoms with E-state index in [1.165, 1.54) is 17.5 Å². The summed E-state index contributed by atoms with van der Waals surface area (Å²) in [4.78, 5) is 14.3. The first-order valence-corrected chi connectivity index (χ1v) is 8.18. The molecule has 1 aromatic carbocycles. The highest BCUT2D eigenvalue weighted by Crippen LogP contribution is 2.12. The Hall–Kier alpha value is -1.84. The van der Waals surface area contributed by atoms with E-state index in [-0.39, 0.29) is 23.6 Å². The number of thiazole rings is 1. The Balaban J connectivity index is 1.97. The minimum absolute atomic E-state index is 0.0470. The van der Waals surface area contributed by atoms with E-state index in [0.29, 0.717) is 5.01 Å². The molecular weight excluding hydrogens is 319 g/mol.